The van der Waals surface area contributed by atoms with E-state index in [2.05, 4.69) is 142 Å². The van der Waals surface area contributed by atoms with E-state index in [0.29, 0.717) is 19.3 Å². The maximum Gasteiger partial charge on any atom is 0.472 e. The number of unbranched alkanes of at least 4 members (excludes halogenated alkanes) is 30. The number of phosphoric ester groups is 2. The number of hydrogen-bond donors (Lipinski definition) is 4. The summed E-state index contributed by atoms with van der Waals surface area (Å²) in [7, 11) is -9.79. The van der Waals surface area contributed by atoms with Crippen LogP contribution in [0.1, 0.15) is 316 Å². The highest BCUT2D eigenvalue weighted by Gasteiger charge is 2.29. The minimum atomic E-state index is -4.93. The molecule has 0 aromatic carbocycles. The number of ether oxygens (including phenoxy) is 3. The van der Waals surface area contributed by atoms with Gasteiger partial charge in [-0.25, -0.2) is 9.13 Å². The number of carbonyl (C=O) groups is 3. The Morgan fingerprint density at radius 1 is 0.293 bits per heavy atom. The number of rotatable bonds is 73. The van der Waals surface area contributed by atoms with E-state index in [1.54, 1.807) is 0 Å². The lowest BCUT2D eigenvalue weighted by atomic mass is 10.1. The number of aliphatic hydroxyl groups is 2. The molecule has 0 aromatic heterocycles. The smallest absolute Gasteiger partial charge is 0.463 e. The Bertz CT molecular complexity index is 2290. The maximum absolute atomic E-state index is 13.0. The summed E-state index contributed by atoms with van der Waals surface area (Å²) in [6.45, 7) is 2.52. The third-order valence-electron chi connectivity index (χ3n) is 16.1. The molecule has 5 unspecified atom stereocenters. The molecule has 0 saturated carbocycles. The molecule has 570 valence electrons. The molecule has 0 aromatic rings. The van der Waals surface area contributed by atoms with Crippen LogP contribution in [0.5, 0.6) is 0 Å². The molecule has 0 fully saturated rings. The SMILES string of the molecule is CC/C=C\C/C=C\C/C=C\C/C=C\C/C=C\C/C=C\CCCCCCCCCCCCC(=O)OCC(O)COP(=O)(O)OCC(O)COP(=O)(O)OCC(COC(=O)CCCCCCCC/C=C\C/C=C\C/C=C\CCCCC)OC(=O)CCCCCCC/C=C\CCCCCCCC. The predicted molar refractivity (Wildman–Crippen MR) is 408 cm³/mol. The van der Waals surface area contributed by atoms with Gasteiger partial charge >= 0.3 is 33.6 Å². The number of hydrogen-bond acceptors (Lipinski definition) is 14. The van der Waals surface area contributed by atoms with Crippen molar-refractivity contribution in [3.05, 3.63) is 122 Å². The van der Waals surface area contributed by atoms with Crippen molar-refractivity contribution in [2.45, 2.75) is 334 Å². The van der Waals surface area contributed by atoms with E-state index in [4.69, 9.17) is 32.3 Å². The Morgan fingerprint density at radius 3 is 0.879 bits per heavy atom. The van der Waals surface area contributed by atoms with Crippen molar-refractivity contribution in [3.8, 4) is 0 Å². The van der Waals surface area contributed by atoms with Crippen LogP contribution in [0.25, 0.3) is 0 Å². The quantitative estimate of drug-likeness (QED) is 0.0146. The molecule has 16 nitrogen and oxygen atoms in total. The zero-order valence-corrected chi connectivity index (χ0v) is 63.9. The van der Waals surface area contributed by atoms with E-state index in [-0.39, 0.29) is 19.3 Å². The minimum absolute atomic E-state index is 0.0910. The van der Waals surface area contributed by atoms with Crippen molar-refractivity contribution in [2.24, 2.45) is 0 Å². The van der Waals surface area contributed by atoms with Gasteiger partial charge in [0, 0.05) is 19.3 Å². The average molecular weight is 1430 g/mol. The van der Waals surface area contributed by atoms with E-state index in [9.17, 15) is 43.5 Å². The lowest BCUT2D eigenvalue weighted by Crippen LogP contribution is -2.30. The third kappa shape index (κ3) is 74.9. The zero-order valence-electron chi connectivity index (χ0n) is 62.1. The van der Waals surface area contributed by atoms with Crippen LogP contribution in [-0.2, 0) is 55.8 Å². The van der Waals surface area contributed by atoms with Crippen molar-refractivity contribution < 1.29 is 75.8 Å². The van der Waals surface area contributed by atoms with Gasteiger partial charge < -0.3 is 34.2 Å². The Balaban J connectivity index is 4.54. The van der Waals surface area contributed by atoms with Gasteiger partial charge in [-0.2, -0.15) is 0 Å². The van der Waals surface area contributed by atoms with Gasteiger partial charge in [0.2, 0.25) is 0 Å². The number of carbonyl (C=O) groups excluding carboxylic acids is 3. The highest BCUT2D eigenvalue weighted by Crippen LogP contribution is 2.45. The van der Waals surface area contributed by atoms with Crippen LogP contribution in [-0.4, -0.2) is 95.9 Å². The van der Waals surface area contributed by atoms with Crippen LogP contribution in [0.3, 0.4) is 0 Å². The van der Waals surface area contributed by atoms with E-state index >= 15 is 0 Å². The van der Waals surface area contributed by atoms with Gasteiger partial charge in [-0.05, 0) is 135 Å². The molecule has 0 heterocycles. The van der Waals surface area contributed by atoms with E-state index < -0.39 is 91.5 Å². The molecule has 4 N–H and O–H groups in total. The standard InChI is InChI=1S/C81H140O16P2/c1-4-7-10-13-16-19-22-25-28-30-32-33-34-35-36-37-38-39-40-41-43-45-47-49-52-55-58-61-64-67-79(84)91-70-76(82)71-93-98(87,88)94-72-77(83)73-95-99(89,90)96-75-78(97-81(86)69-66-63-60-57-54-51-46-27-24-21-18-15-12-9-6-3)74-92-80(85)68-65-62-59-56-53-50-48-44-42-31-29-26-23-20-17-14-11-8-5-2/h7,10,16-17,19-20,25-29,32-33,35-36,38-39,42,44,46,76-78,82-83H,4-6,8-9,11-15,18,21-24,30-31,34,37,40-41,43,45,47-75H2,1-3H3,(H,87,88)(H,89,90)/b10-7-,19-16-,20-17-,28-25-,29-26-,33-32-,36-35-,39-38-,44-42-,46-27-. The highest BCUT2D eigenvalue weighted by atomic mass is 31.2. The second-order valence-electron chi connectivity index (χ2n) is 25.8. The molecule has 0 bridgehead atoms. The summed E-state index contributed by atoms with van der Waals surface area (Å²) < 4.78 is 61.1. The van der Waals surface area contributed by atoms with Crippen molar-refractivity contribution in [1.29, 1.82) is 0 Å². The molecule has 0 rings (SSSR count). The number of aliphatic hydroxyl groups excluding tert-OH is 2. The largest absolute Gasteiger partial charge is 0.472 e. The molecule has 0 aliphatic rings. The summed E-state index contributed by atoms with van der Waals surface area (Å²) in [6.07, 6.45) is 86.7. The van der Waals surface area contributed by atoms with Crippen LogP contribution >= 0.6 is 15.6 Å². The van der Waals surface area contributed by atoms with Crippen LogP contribution in [0.4, 0.5) is 0 Å². The fourth-order valence-corrected chi connectivity index (χ4v) is 11.8. The number of allylic oxidation sites excluding steroid dienone is 20. The van der Waals surface area contributed by atoms with Gasteiger partial charge in [0.05, 0.1) is 26.4 Å². The van der Waals surface area contributed by atoms with E-state index in [1.165, 1.54) is 89.9 Å². The van der Waals surface area contributed by atoms with Gasteiger partial charge in [-0.15, -0.1) is 0 Å². The van der Waals surface area contributed by atoms with E-state index in [0.717, 1.165) is 167 Å². The maximum atomic E-state index is 13.0. The van der Waals surface area contributed by atoms with Gasteiger partial charge in [-0.3, -0.25) is 32.5 Å². The highest BCUT2D eigenvalue weighted by molar-refractivity contribution is 7.47. The lowest BCUT2D eigenvalue weighted by Gasteiger charge is -2.21. The minimum Gasteiger partial charge on any atom is -0.463 e. The Hall–Kier alpha value is -4.05. The lowest BCUT2D eigenvalue weighted by molar-refractivity contribution is -0.161. The predicted octanol–water partition coefficient (Wildman–Crippen LogP) is 22.5. The number of esters is 3. The van der Waals surface area contributed by atoms with Crippen molar-refractivity contribution in [1.82, 2.24) is 0 Å². The van der Waals surface area contributed by atoms with Gasteiger partial charge in [0.15, 0.2) is 6.10 Å². The Labute approximate surface area is 602 Å². The first kappa shape index (κ1) is 94.9. The first-order valence-electron chi connectivity index (χ1n) is 38.8. The van der Waals surface area contributed by atoms with E-state index in [1.807, 2.05) is 0 Å². The molecule has 18 heteroatoms. The molecule has 0 spiro atoms. The monoisotopic (exact) mass is 1430 g/mol. The molecule has 0 amide bonds. The first-order chi connectivity index (χ1) is 48.2. The van der Waals surface area contributed by atoms with Crippen LogP contribution < -0.4 is 0 Å². The molecule has 5 atom stereocenters. The zero-order chi connectivity index (χ0) is 72.3. The van der Waals surface area contributed by atoms with Crippen LogP contribution in [0.2, 0.25) is 0 Å². The topological polar surface area (TPSA) is 231 Å². The normalized spacial score (nSPS) is 14.7. The van der Waals surface area contributed by atoms with Crippen LogP contribution in [0.15, 0.2) is 122 Å². The second kappa shape index (κ2) is 73.7. The summed E-state index contributed by atoms with van der Waals surface area (Å²) in [5.74, 6) is -1.60. The van der Waals surface area contributed by atoms with Crippen LogP contribution in [0, 0.1) is 0 Å². The Morgan fingerprint density at radius 2 is 0.535 bits per heavy atom. The molecular formula is C81H140O16P2. The van der Waals surface area contributed by atoms with Crippen molar-refractivity contribution in [3.63, 3.8) is 0 Å². The van der Waals surface area contributed by atoms with Gasteiger partial charge in [0.25, 0.3) is 0 Å². The van der Waals surface area contributed by atoms with Crippen molar-refractivity contribution in [2.75, 3.05) is 39.6 Å². The Kier molecular flexibility index (Phi) is 70.7. The molecule has 0 aliphatic heterocycles. The first-order valence-corrected chi connectivity index (χ1v) is 41.8. The molecule has 0 saturated heterocycles. The summed E-state index contributed by atoms with van der Waals surface area (Å²) in [6, 6.07) is 0. The van der Waals surface area contributed by atoms with Crippen molar-refractivity contribution >= 4 is 33.6 Å². The van der Waals surface area contributed by atoms with Gasteiger partial charge in [-0.1, -0.05) is 284 Å². The summed E-state index contributed by atoms with van der Waals surface area (Å²) >= 11 is 0. The summed E-state index contributed by atoms with van der Waals surface area (Å²) in [5.41, 5.74) is 0. The average Bonchev–Trinajstić information content (AvgIpc) is 1.73. The fraction of sp³-hybridized carbons (Fsp3) is 0.716. The molecule has 99 heavy (non-hydrogen) atoms. The fourth-order valence-electron chi connectivity index (χ4n) is 10.2. The third-order valence-corrected chi connectivity index (χ3v) is 18.0. The second-order valence-corrected chi connectivity index (χ2v) is 28.7. The molecule has 0 radical (unpaired) electrons. The van der Waals surface area contributed by atoms with Gasteiger partial charge in [0.1, 0.15) is 25.4 Å². The molecular weight excluding hydrogens is 1290 g/mol. The molecule has 0 aliphatic carbocycles. The number of phosphoric acid groups is 2. The summed E-state index contributed by atoms with van der Waals surface area (Å²) in [5, 5.41) is 20.6. The summed E-state index contributed by atoms with van der Waals surface area (Å²) in [4.78, 5) is 58.6.